The standard InChI is InChI=1S/C18H22FNS/c1-3-20-18(13-14-6-5-7-16(19)12-14)15-8-10-17(11-9-15)21-4-2/h5-12,18,20H,3-4,13H2,1-2H3. The van der Waals surface area contributed by atoms with E-state index in [1.165, 1.54) is 16.5 Å². The molecule has 0 fully saturated rings. The molecular weight excluding hydrogens is 281 g/mol. The molecule has 0 aliphatic carbocycles. The third-order valence-electron chi connectivity index (χ3n) is 3.37. The molecule has 1 unspecified atom stereocenters. The van der Waals surface area contributed by atoms with Gasteiger partial charge in [-0.05, 0) is 54.1 Å². The molecule has 0 aromatic heterocycles. The number of halogens is 1. The van der Waals surface area contributed by atoms with Crippen molar-refractivity contribution < 1.29 is 4.39 Å². The van der Waals surface area contributed by atoms with E-state index in [0.717, 1.165) is 24.3 Å². The van der Waals surface area contributed by atoms with Crippen molar-refractivity contribution in [3.8, 4) is 0 Å². The second kappa shape index (κ2) is 8.20. The van der Waals surface area contributed by atoms with Crippen LogP contribution in [0.4, 0.5) is 4.39 Å². The fourth-order valence-corrected chi connectivity index (χ4v) is 3.08. The van der Waals surface area contributed by atoms with Crippen molar-refractivity contribution in [2.75, 3.05) is 12.3 Å². The number of hydrogen-bond donors (Lipinski definition) is 1. The van der Waals surface area contributed by atoms with Gasteiger partial charge in [-0.1, -0.05) is 38.1 Å². The normalized spacial score (nSPS) is 12.3. The number of hydrogen-bond acceptors (Lipinski definition) is 2. The first kappa shape index (κ1) is 16.1. The maximum Gasteiger partial charge on any atom is 0.123 e. The van der Waals surface area contributed by atoms with Gasteiger partial charge in [0.15, 0.2) is 0 Å². The first-order chi connectivity index (χ1) is 10.2. The van der Waals surface area contributed by atoms with Crippen LogP contribution in [0.15, 0.2) is 53.4 Å². The van der Waals surface area contributed by atoms with Crippen molar-refractivity contribution in [1.29, 1.82) is 0 Å². The van der Waals surface area contributed by atoms with Crippen molar-refractivity contribution in [3.05, 3.63) is 65.5 Å². The molecule has 21 heavy (non-hydrogen) atoms. The summed E-state index contributed by atoms with van der Waals surface area (Å²) in [5.74, 6) is 0.914. The highest BCUT2D eigenvalue weighted by Crippen LogP contribution is 2.23. The van der Waals surface area contributed by atoms with Gasteiger partial charge < -0.3 is 5.32 Å². The quantitative estimate of drug-likeness (QED) is 0.735. The minimum Gasteiger partial charge on any atom is -0.310 e. The van der Waals surface area contributed by atoms with Crippen LogP contribution in [0.5, 0.6) is 0 Å². The van der Waals surface area contributed by atoms with Crippen LogP contribution < -0.4 is 5.32 Å². The van der Waals surface area contributed by atoms with Gasteiger partial charge in [0, 0.05) is 10.9 Å². The first-order valence-electron chi connectivity index (χ1n) is 7.43. The molecule has 3 heteroatoms. The van der Waals surface area contributed by atoms with Gasteiger partial charge in [0.25, 0.3) is 0 Å². The Kier molecular flexibility index (Phi) is 6.27. The Bertz CT molecular complexity index is 553. The molecule has 1 nitrogen and oxygen atoms in total. The van der Waals surface area contributed by atoms with Crippen LogP contribution in [0.1, 0.15) is 31.0 Å². The van der Waals surface area contributed by atoms with Crippen molar-refractivity contribution in [2.45, 2.75) is 31.2 Å². The highest BCUT2D eigenvalue weighted by molar-refractivity contribution is 7.99. The fraction of sp³-hybridized carbons (Fsp3) is 0.333. The molecule has 1 atom stereocenters. The number of likely N-dealkylation sites (N-methyl/N-ethyl adjacent to an activating group) is 1. The summed E-state index contributed by atoms with van der Waals surface area (Å²) in [6.45, 7) is 5.15. The Morgan fingerprint density at radius 2 is 1.86 bits per heavy atom. The smallest absolute Gasteiger partial charge is 0.123 e. The van der Waals surface area contributed by atoms with Crippen LogP contribution in [-0.4, -0.2) is 12.3 Å². The van der Waals surface area contributed by atoms with Crippen LogP contribution in [0, 0.1) is 5.82 Å². The molecule has 0 bridgehead atoms. The third-order valence-corrected chi connectivity index (χ3v) is 4.27. The summed E-state index contributed by atoms with van der Waals surface area (Å²) in [4.78, 5) is 1.29. The SMILES string of the molecule is CCNC(Cc1cccc(F)c1)c1ccc(SCC)cc1. The Morgan fingerprint density at radius 3 is 2.48 bits per heavy atom. The molecule has 0 radical (unpaired) electrons. The van der Waals surface area contributed by atoms with Gasteiger partial charge in [-0.2, -0.15) is 0 Å². The molecule has 0 heterocycles. The van der Waals surface area contributed by atoms with Gasteiger partial charge >= 0.3 is 0 Å². The van der Waals surface area contributed by atoms with E-state index in [9.17, 15) is 4.39 Å². The van der Waals surface area contributed by atoms with Gasteiger partial charge in [-0.3, -0.25) is 0 Å². The average molecular weight is 303 g/mol. The monoisotopic (exact) mass is 303 g/mol. The third kappa shape index (κ3) is 4.87. The van der Waals surface area contributed by atoms with Crippen molar-refractivity contribution in [2.24, 2.45) is 0 Å². The zero-order valence-corrected chi connectivity index (χ0v) is 13.4. The van der Waals surface area contributed by atoms with E-state index in [1.807, 2.05) is 17.8 Å². The van der Waals surface area contributed by atoms with E-state index >= 15 is 0 Å². The van der Waals surface area contributed by atoms with Crippen molar-refractivity contribution in [1.82, 2.24) is 5.32 Å². The molecular formula is C18H22FNS. The van der Waals surface area contributed by atoms with Crippen LogP contribution >= 0.6 is 11.8 Å². The van der Waals surface area contributed by atoms with E-state index in [0.29, 0.717) is 0 Å². The number of nitrogens with one attached hydrogen (secondary N) is 1. The Morgan fingerprint density at radius 1 is 1.10 bits per heavy atom. The number of benzene rings is 2. The zero-order valence-electron chi connectivity index (χ0n) is 12.6. The molecule has 0 spiro atoms. The van der Waals surface area contributed by atoms with Gasteiger partial charge in [0.1, 0.15) is 5.82 Å². The predicted molar refractivity (Wildman–Crippen MR) is 89.4 cm³/mol. The average Bonchev–Trinajstić information content (AvgIpc) is 2.48. The maximum absolute atomic E-state index is 13.3. The van der Waals surface area contributed by atoms with Gasteiger partial charge in [0.05, 0.1) is 0 Å². The lowest BCUT2D eigenvalue weighted by atomic mass is 9.99. The minimum absolute atomic E-state index is 0.169. The lowest BCUT2D eigenvalue weighted by Crippen LogP contribution is -2.23. The molecule has 0 saturated carbocycles. The molecule has 0 aliphatic rings. The fourth-order valence-electron chi connectivity index (χ4n) is 2.42. The summed E-state index contributed by atoms with van der Waals surface area (Å²) in [6.07, 6.45) is 0.797. The second-order valence-electron chi connectivity index (χ2n) is 4.95. The predicted octanol–water partition coefficient (Wildman–Crippen LogP) is 4.83. The van der Waals surface area contributed by atoms with Crippen LogP contribution in [-0.2, 0) is 6.42 Å². The molecule has 0 aliphatic heterocycles. The largest absolute Gasteiger partial charge is 0.310 e. The van der Waals surface area contributed by atoms with E-state index < -0.39 is 0 Å². The first-order valence-corrected chi connectivity index (χ1v) is 8.42. The summed E-state index contributed by atoms with van der Waals surface area (Å²) in [6, 6.07) is 15.8. The molecule has 0 amide bonds. The van der Waals surface area contributed by atoms with E-state index in [4.69, 9.17) is 0 Å². The summed E-state index contributed by atoms with van der Waals surface area (Å²) in [7, 11) is 0. The molecule has 0 saturated heterocycles. The molecule has 2 aromatic carbocycles. The number of rotatable bonds is 7. The lowest BCUT2D eigenvalue weighted by Gasteiger charge is -2.19. The van der Waals surface area contributed by atoms with Crippen LogP contribution in [0.2, 0.25) is 0 Å². The van der Waals surface area contributed by atoms with Crippen LogP contribution in [0.3, 0.4) is 0 Å². The summed E-state index contributed by atoms with van der Waals surface area (Å²) >= 11 is 1.84. The van der Waals surface area contributed by atoms with E-state index in [-0.39, 0.29) is 11.9 Å². The zero-order chi connectivity index (χ0) is 15.1. The van der Waals surface area contributed by atoms with Gasteiger partial charge in [0.2, 0.25) is 0 Å². The minimum atomic E-state index is -0.169. The highest BCUT2D eigenvalue weighted by atomic mass is 32.2. The molecule has 1 N–H and O–H groups in total. The Hall–Kier alpha value is -1.32. The Labute approximate surface area is 131 Å². The van der Waals surface area contributed by atoms with Crippen LogP contribution in [0.25, 0.3) is 0 Å². The maximum atomic E-state index is 13.3. The van der Waals surface area contributed by atoms with Gasteiger partial charge in [-0.25, -0.2) is 4.39 Å². The summed E-state index contributed by atoms with van der Waals surface area (Å²) in [5.41, 5.74) is 2.27. The van der Waals surface area contributed by atoms with E-state index in [2.05, 4.69) is 43.4 Å². The lowest BCUT2D eigenvalue weighted by molar-refractivity contribution is 0.546. The second-order valence-corrected chi connectivity index (χ2v) is 6.28. The van der Waals surface area contributed by atoms with E-state index in [1.54, 1.807) is 12.1 Å². The highest BCUT2D eigenvalue weighted by Gasteiger charge is 2.11. The summed E-state index contributed by atoms with van der Waals surface area (Å²) < 4.78 is 13.3. The van der Waals surface area contributed by atoms with Crippen molar-refractivity contribution in [3.63, 3.8) is 0 Å². The number of thioether (sulfide) groups is 1. The topological polar surface area (TPSA) is 12.0 Å². The molecule has 2 aromatic rings. The molecule has 2 rings (SSSR count). The Balaban J connectivity index is 2.14. The van der Waals surface area contributed by atoms with Gasteiger partial charge in [-0.15, -0.1) is 11.8 Å². The molecule has 112 valence electrons. The van der Waals surface area contributed by atoms with Crippen molar-refractivity contribution >= 4 is 11.8 Å². The summed E-state index contributed by atoms with van der Waals surface area (Å²) in [5, 5.41) is 3.49.